The van der Waals surface area contributed by atoms with E-state index in [9.17, 15) is 24.9 Å². The number of rotatable bonds is 3. The van der Waals surface area contributed by atoms with E-state index in [1.54, 1.807) is 25.2 Å². The number of hydrogen-bond acceptors (Lipinski definition) is 8. The minimum atomic E-state index is -1.58. The Kier molecular flexibility index (Phi) is 4.72. The lowest BCUT2D eigenvalue weighted by molar-refractivity contribution is 0.0867. The third-order valence-electron chi connectivity index (χ3n) is 7.40. The molecule has 2 aliphatic heterocycles. The summed E-state index contributed by atoms with van der Waals surface area (Å²) in [6.07, 6.45) is 0.497. The molecular weight excluding hydrogens is 460 g/mol. The van der Waals surface area contributed by atoms with Gasteiger partial charge >= 0.3 is 0 Å². The van der Waals surface area contributed by atoms with E-state index in [-0.39, 0.29) is 33.5 Å². The number of allylic oxidation sites excluding steroid dienone is 2. The second kappa shape index (κ2) is 7.54. The van der Waals surface area contributed by atoms with Crippen LogP contribution in [-0.4, -0.2) is 57.8 Å². The van der Waals surface area contributed by atoms with Crippen LogP contribution in [0.1, 0.15) is 49.9 Å². The molecule has 6 rings (SSSR count). The summed E-state index contributed by atoms with van der Waals surface area (Å²) >= 11 is 0. The van der Waals surface area contributed by atoms with Crippen LogP contribution >= 0.6 is 0 Å². The first-order valence-corrected chi connectivity index (χ1v) is 11.5. The molecule has 0 aromatic heterocycles. The van der Waals surface area contributed by atoms with Crippen LogP contribution in [0.15, 0.2) is 36.4 Å². The Labute approximate surface area is 207 Å². The summed E-state index contributed by atoms with van der Waals surface area (Å²) in [7, 11) is 1.78. The van der Waals surface area contributed by atoms with E-state index in [2.05, 4.69) is 34.3 Å². The molecule has 8 heteroatoms. The van der Waals surface area contributed by atoms with Gasteiger partial charge in [0.1, 0.15) is 11.8 Å². The Bertz CT molecular complexity index is 1530. The van der Waals surface area contributed by atoms with E-state index in [4.69, 9.17) is 4.74 Å². The van der Waals surface area contributed by atoms with Crippen molar-refractivity contribution in [3.63, 3.8) is 0 Å². The Morgan fingerprint density at radius 2 is 1.83 bits per heavy atom. The zero-order valence-corrected chi connectivity index (χ0v) is 19.5. The molecule has 2 aromatic carbocycles. The summed E-state index contributed by atoms with van der Waals surface area (Å²) in [5, 5.41) is 39.3. The highest BCUT2D eigenvalue weighted by atomic mass is 16.7. The van der Waals surface area contributed by atoms with Crippen molar-refractivity contribution in [1.82, 2.24) is 5.32 Å². The first-order valence-electron chi connectivity index (χ1n) is 11.5. The van der Waals surface area contributed by atoms with Gasteiger partial charge in [0.15, 0.2) is 28.9 Å². The Morgan fingerprint density at radius 1 is 1.11 bits per heavy atom. The molecule has 2 heterocycles. The summed E-state index contributed by atoms with van der Waals surface area (Å²) in [4.78, 5) is 27.4. The summed E-state index contributed by atoms with van der Waals surface area (Å²) < 4.78 is 6.16. The lowest BCUT2D eigenvalue weighted by Gasteiger charge is -2.37. The summed E-state index contributed by atoms with van der Waals surface area (Å²) in [6, 6.07) is 5.49. The van der Waals surface area contributed by atoms with E-state index in [0.29, 0.717) is 6.54 Å². The molecule has 5 N–H and O–H groups in total. The first kappa shape index (κ1) is 22.5. The van der Waals surface area contributed by atoms with Crippen molar-refractivity contribution in [2.24, 2.45) is 0 Å². The number of aliphatic hydroxyl groups is 2. The van der Waals surface area contributed by atoms with E-state index in [1.165, 1.54) is 25.1 Å². The zero-order chi connectivity index (χ0) is 25.4. The molecule has 1 saturated heterocycles. The lowest BCUT2D eigenvalue weighted by atomic mass is 9.69. The van der Waals surface area contributed by atoms with Crippen LogP contribution in [-0.2, 0) is 16.9 Å². The Morgan fingerprint density at radius 3 is 2.56 bits per heavy atom. The standard InChI is InChI=1S/C28H22N2O6/c1-14(31)27-20-7-5-3-4-6-8-21(33)28(27,36-27)18-12-19(32)22-23(24(18)30-20)25(34)16-10-9-15(13-29-2)11-17(16)26(22)35/h3-4,9-12,14,20-21,29-33H,13H2,1-2H3. The van der Waals surface area contributed by atoms with Crippen LogP contribution in [0, 0.1) is 23.7 Å². The topological polar surface area (TPSA) is 131 Å². The lowest BCUT2D eigenvalue weighted by Crippen LogP contribution is -2.54. The van der Waals surface area contributed by atoms with Crippen molar-refractivity contribution in [2.75, 3.05) is 12.4 Å². The molecule has 0 saturated carbocycles. The quantitative estimate of drug-likeness (QED) is 0.212. The molecule has 5 atom stereocenters. The number of phenolic OH excluding ortho intramolecular Hbond substituents is 1. The number of epoxide rings is 1. The minimum absolute atomic E-state index is 0.0162. The van der Waals surface area contributed by atoms with Gasteiger partial charge in [-0.3, -0.25) is 9.59 Å². The van der Waals surface area contributed by atoms with E-state index in [0.717, 1.165) is 5.56 Å². The second-order valence-corrected chi connectivity index (χ2v) is 9.33. The molecule has 0 amide bonds. The number of ether oxygens (including phenoxy) is 1. The first-order chi connectivity index (χ1) is 17.3. The normalized spacial score (nSPS) is 29.1. The smallest absolute Gasteiger partial charge is 0.198 e. The van der Waals surface area contributed by atoms with Gasteiger partial charge in [0, 0.05) is 23.2 Å². The van der Waals surface area contributed by atoms with Gasteiger partial charge in [0.2, 0.25) is 0 Å². The number of hydrogen-bond donors (Lipinski definition) is 5. The summed E-state index contributed by atoms with van der Waals surface area (Å²) in [6.45, 7) is 2.03. The van der Waals surface area contributed by atoms with Crippen molar-refractivity contribution in [1.29, 1.82) is 0 Å². The van der Waals surface area contributed by atoms with Crippen molar-refractivity contribution in [3.8, 4) is 29.4 Å². The third kappa shape index (κ3) is 2.64. The van der Waals surface area contributed by atoms with Crippen LogP contribution in [0.3, 0.4) is 0 Å². The second-order valence-electron chi connectivity index (χ2n) is 9.33. The molecule has 5 unspecified atom stereocenters. The van der Waals surface area contributed by atoms with Crippen molar-refractivity contribution in [3.05, 3.63) is 69.8 Å². The molecule has 2 aliphatic carbocycles. The van der Waals surface area contributed by atoms with Gasteiger partial charge in [-0.25, -0.2) is 0 Å². The molecule has 180 valence electrons. The van der Waals surface area contributed by atoms with Gasteiger partial charge in [-0.05, 0) is 49.9 Å². The summed E-state index contributed by atoms with van der Waals surface area (Å²) in [5.41, 5.74) is -1.40. The number of ketones is 2. The number of phenols is 1. The van der Waals surface area contributed by atoms with Crippen molar-refractivity contribution >= 4 is 17.3 Å². The molecule has 4 aliphatic rings. The number of fused-ring (bicyclic) bond motifs is 4. The SMILES string of the molecule is CNCc1ccc2c(c1)C(=O)c1c(O)cc3c(c1C2=O)NC1C#CC=CC#CC(O)C32OC12C(C)O. The number of aromatic hydroxyl groups is 1. The predicted octanol–water partition coefficient (Wildman–Crippen LogP) is 0.964. The van der Waals surface area contributed by atoms with Crippen LogP contribution < -0.4 is 10.6 Å². The van der Waals surface area contributed by atoms with Gasteiger partial charge in [-0.15, -0.1) is 0 Å². The van der Waals surface area contributed by atoms with Crippen LogP contribution in [0.25, 0.3) is 0 Å². The fraction of sp³-hybridized carbons (Fsp3) is 0.286. The number of anilines is 1. The average molecular weight is 482 g/mol. The largest absolute Gasteiger partial charge is 0.507 e. The van der Waals surface area contributed by atoms with Crippen LogP contribution in [0.2, 0.25) is 0 Å². The number of carbonyl (C=O) groups is 2. The fourth-order valence-electron chi connectivity index (χ4n) is 5.80. The molecule has 0 radical (unpaired) electrons. The molecule has 2 bridgehead atoms. The van der Waals surface area contributed by atoms with E-state index in [1.807, 2.05) is 0 Å². The van der Waals surface area contributed by atoms with Crippen molar-refractivity contribution in [2.45, 2.75) is 42.9 Å². The Balaban J connectivity index is 1.63. The van der Waals surface area contributed by atoms with Crippen molar-refractivity contribution < 1.29 is 29.6 Å². The molecule has 2 aromatic rings. The van der Waals surface area contributed by atoms with Crippen LogP contribution in [0.5, 0.6) is 5.75 Å². The predicted molar refractivity (Wildman–Crippen MR) is 129 cm³/mol. The third-order valence-corrected chi connectivity index (χ3v) is 7.40. The average Bonchev–Trinajstić information content (AvgIpc) is 3.58. The van der Waals surface area contributed by atoms with E-state index < -0.39 is 46.8 Å². The highest BCUT2D eigenvalue weighted by Crippen LogP contribution is 2.67. The highest BCUT2D eigenvalue weighted by Gasteiger charge is 2.82. The maximum atomic E-state index is 13.8. The zero-order valence-electron chi connectivity index (χ0n) is 19.5. The fourth-order valence-corrected chi connectivity index (χ4v) is 5.80. The molecule has 1 fully saturated rings. The van der Waals surface area contributed by atoms with Gasteiger partial charge in [0.25, 0.3) is 0 Å². The van der Waals surface area contributed by atoms with Gasteiger partial charge in [0.05, 0.1) is 22.9 Å². The summed E-state index contributed by atoms with van der Waals surface area (Å²) in [5.74, 6) is 9.94. The number of aliphatic hydroxyl groups excluding tert-OH is 2. The molecule has 8 nitrogen and oxygen atoms in total. The minimum Gasteiger partial charge on any atom is -0.507 e. The number of carbonyl (C=O) groups excluding carboxylic acids is 2. The number of benzene rings is 2. The monoisotopic (exact) mass is 482 g/mol. The van der Waals surface area contributed by atoms with E-state index >= 15 is 0 Å². The molecule has 0 spiro atoms. The Hall–Kier alpha value is -3.92. The van der Waals surface area contributed by atoms with Gasteiger partial charge < -0.3 is 30.7 Å². The molecule has 36 heavy (non-hydrogen) atoms. The maximum absolute atomic E-state index is 13.8. The van der Waals surface area contributed by atoms with Crippen LogP contribution in [0.4, 0.5) is 5.69 Å². The van der Waals surface area contributed by atoms with Gasteiger partial charge in [-0.1, -0.05) is 29.7 Å². The van der Waals surface area contributed by atoms with Gasteiger partial charge in [-0.2, -0.15) is 0 Å². The molecular formula is C28H22N2O6. The maximum Gasteiger partial charge on any atom is 0.198 e. The number of nitrogens with one attached hydrogen (secondary N) is 2. The highest BCUT2D eigenvalue weighted by molar-refractivity contribution is 6.31.